The Bertz CT molecular complexity index is 1110. The minimum absolute atomic E-state index is 0.0108. The third-order valence-corrected chi connectivity index (χ3v) is 9.55. The Morgan fingerprint density at radius 1 is 1.21 bits per heavy atom. The van der Waals surface area contributed by atoms with E-state index in [-0.39, 0.29) is 10.8 Å². The molecule has 4 rings (SSSR count). The summed E-state index contributed by atoms with van der Waals surface area (Å²) in [6.45, 7) is 12.5. The van der Waals surface area contributed by atoms with Crippen LogP contribution in [0.2, 0.25) is 0 Å². The molecule has 0 aliphatic heterocycles. The van der Waals surface area contributed by atoms with Gasteiger partial charge < -0.3 is 14.2 Å². The summed E-state index contributed by atoms with van der Waals surface area (Å²) in [5, 5.41) is 11.9. The van der Waals surface area contributed by atoms with E-state index >= 15 is 0 Å². The summed E-state index contributed by atoms with van der Waals surface area (Å²) >= 11 is 0. The third kappa shape index (κ3) is 3.98. The third-order valence-electron chi connectivity index (χ3n) is 9.55. The van der Waals surface area contributed by atoms with E-state index in [0.717, 1.165) is 61.7 Å². The zero-order chi connectivity index (χ0) is 24.0. The first-order valence-corrected chi connectivity index (χ1v) is 12.7. The summed E-state index contributed by atoms with van der Waals surface area (Å²) in [6.07, 6.45) is 13.8. The standard InChI is InChI=1S/C27H43N5O/c1-19(12-16-32-18-30-24-22(32)23(28-6)29-17-31(24)7)10-14-26(5)20(2)11-15-27(33)21(26)9-8-13-25(27,3)4/h12,17-18,20-21,33H,8-11,13-16H2,1-7H3/b19-12+,28-23?/t20-,21+,26+,27+/m1/s1. The highest BCUT2D eigenvalue weighted by Crippen LogP contribution is 2.62. The second kappa shape index (κ2) is 8.68. The lowest BCUT2D eigenvalue weighted by Crippen LogP contribution is -2.62. The Morgan fingerprint density at radius 2 is 1.97 bits per heavy atom. The van der Waals surface area contributed by atoms with Crippen molar-refractivity contribution in [2.75, 3.05) is 7.05 Å². The molecule has 2 saturated carbocycles. The first kappa shape index (κ1) is 24.2. The molecule has 0 unspecified atom stereocenters. The molecule has 4 atom stereocenters. The van der Waals surface area contributed by atoms with Crippen LogP contribution in [0.5, 0.6) is 0 Å². The Hall–Kier alpha value is -1.95. The molecule has 2 aromatic rings. The molecule has 33 heavy (non-hydrogen) atoms. The minimum Gasteiger partial charge on any atom is -0.389 e. The highest BCUT2D eigenvalue weighted by atomic mass is 16.3. The van der Waals surface area contributed by atoms with E-state index in [0.29, 0.717) is 11.8 Å². The van der Waals surface area contributed by atoms with E-state index < -0.39 is 5.60 Å². The van der Waals surface area contributed by atoms with E-state index in [1.54, 1.807) is 13.4 Å². The first-order valence-electron chi connectivity index (χ1n) is 12.7. The molecule has 182 valence electrons. The molecule has 2 fully saturated rings. The fraction of sp³-hybridized carbons (Fsp3) is 0.741. The van der Waals surface area contributed by atoms with E-state index in [2.05, 4.69) is 60.2 Å². The number of hydrogen-bond donors (Lipinski definition) is 1. The van der Waals surface area contributed by atoms with Crippen LogP contribution < -0.4 is 5.49 Å². The number of aryl methyl sites for hydroxylation is 1. The summed E-state index contributed by atoms with van der Waals surface area (Å²) in [6, 6.07) is 0. The maximum atomic E-state index is 11.9. The van der Waals surface area contributed by atoms with Gasteiger partial charge in [-0.1, -0.05) is 45.8 Å². The summed E-state index contributed by atoms with van der Waals surface area (Å²) < 4.78 is 4.08. The van der Waals surface area contributed by atoms with Crippen molar-refractivity contribution in [3.63, 3.8) is 0 Å². The van der Waals surface area contributed by atoms with E-state index in [1.807, 2.05) is 17.9 Å². The molecule has 1 N–H and O–H groups in total. The smallest absolute Gasteiger partial charge is 0.176 e. The van der Waals surface area contributed by atoms with Crippen LogP contribution in [0.4, 0.5) is 0 Å². The first-order chi connectivity index (χ1) is 15.5. The second-order valence-electron chi connectivity index (χ2n) is 11.7. The molecule has 0 saturated heterocycles. The molecular weight excluding hydrogens is 410 g/mol. The van der Waals surface area contributed by atoms with Crippen LogP contribution in [0.25, 0.3) is 11.2 Å². The summed E-state index contributed by atoms with van der Waals surface area (Å²) in [5.41, 5.74) is 3.67. The molecule has 6 nitrogen and oxygen atoms in total. The number of rotatable bonds is 5. The minimum atomic E-state index is -0.525. The second-order valence-corrected chi connectivity index (χ2v) is 11.7. The van der Waals surface area contributed by atoms with E-state index in [4.69, 9.17) is 0 Å². The molecule has 2 aliphatic carbocycles. The van der Waals surface area contributed by atoms with Gasteiger partial charge in [0.2, 0.25) is 0 Å². The Kier molecular flexibility index (Phi) is 6.36. The van der Waals surface area contributed by atoms with Crippen LogP contribution in [-0.2, 0) is 13.6 Å². The molecule has 2 heterocycles. The molecule has 0 spiro atoms. The lowest BCUT2D eigenvalue weighted by Gasteiger charge is -2.62. The molecule has 2 aliphatic rings. The summed E-state index contributed by atoms with van der Waals surface area (Å²) in [5.74, 6) is 1.03. The van der Waals surface area contributed by atoms with Gasteiger partial charge in [-0.25, -0.2) is 9.97 Å². The normalized spacial score (nSPS) is 32.8. The molecule has 0 radical (unpaired) electrons. The summed E-state index contributed by atoms with van der Waals surface area (Å²) in [4.78, 5) is 13.4. The van der Waals surface area contributed by atoms with Crippen molar-refractivity contribution in [2.24, 2.45) is 34.7 Å². The zero-order valence-corrected chi connectivity index (χ0v) is 21.7. The van der Waals surface area contributed by atoms with Crippen molar-refractivity contribution in [2.45, 2.75) is 91.7 Å². The van der Waals surface area contributed by atoms with Crippen molar-refractivity contribution >= 4 is 11.2 Å². The lowest BCUT2D eigenvalue weighted by molar-refractivity contribution is -0.212. The van der Waals surface area contributed by atoms with Gasteiger partial charge in [0.1, 0.15) is 5.52 Å². The van der Waals surface area contributed by atoms with Gasteiger partial charge in [-0.15, -0.1) is 0 Å². The molecule has 0 bridgehead atoms. The van der Waals surface area contributed by atoms with Crippen LogP contribution in [0.3, 0.4) is 0 Å². The van der Waals surface area contributed by atoms with Crippen molar-refractivity contribution < 1.29 is 5.11 Å². The van der Waals surface area contributed by atoms with Crippen LogP contribution in [0.1, 0.15) is 79.6 Å². The monoisotopic (exact) mass is 453 g/mol. The lowest BCUT2D eigenvalue weighted by atomic mass is 9.45. The Balaban J connectivity index is 1.52. The van der Waals surface area contributed by atoms with Gasteiger partial charge in [0.15, 0.2) is 11.1 Å². The largest absolute Gasteiger partial charge is 0.389 e. The molecular formula is C27H43N5O. The van der Waals surface area contributed by atoms with Crippen molar-refractivity contribution in [1.82, 2.24) is 19.1 Å². The average molecular weight is 454 g/mol. The fourth-order valence-electron chi connectivity index (χ4n) is 6.83. The van der Waals surface area contributed by atoms with Crippen molar-refractivity contribution in [3.05, 3.63) is 29.8 Å². The van der Waals surface area contributed by atoms with E-state index in [9.17, 15) is 5.11 Å². The Morgan fingerprint density at radius 3 is 2.70 bits per heavy atom. The number of aliphatic hydroxyl groups is 1. The number of nitrogens with zero attached hydrogens (tertiary/aromatic N) is 5. The quantitative estimate of drug-likeness (QED) is 0.646. The van der Waals surface area contributed by atoms with Crippen LogP contribution in [-0.4, -0.2) is 36.9 Å². The van der Waals surface area contributed by atoms with Gasteiger partial charge in [-0.2, -0.15) is 0 Å². The Labute approximate surface area is 198 Å². The number of hydrogen-bond acceptors (Lipinski definition) is 4. The van der Waals surface area contributed by atoms with Gasteiger partial charge in [0.05, 0.1) is 18.3 Å². The van der Waals surface area contributed by atoms with Gasteiger partial charge >= 0.3 is 0 Å². The molecule has 2 aromatic heterocycles. The SMILES string of the molecule is CN=c1ncn(C)c2ncn(C/C=C(\C)CC[C@@]3(C)[C@H](C)CC[C@]4(O)[C@H]3CCCC4(C)C)c12. The van der Waals surface area contributed by atoms with Gasteiger partial charge in [0, 0.05) is 20.6 Å². The highest BCUT2D eigenvalue weighted by molar-refractivity contribution is 5.69. The summed E-state index contributed by atoms with van der Waals surface area (Å²) in [7, 11) is 3.74. The van der Waals surface area contributed by atoms with Gasteiger partial charge in [-0.3, -0.25) is 4.99 Å². The number of fused-ring (bicyclic) bond motifs is 2. The van der Waals surface area contributed by atoms with Crippen molar-refractivity contribution in [3.8, 4) is 0 Å². The maximum Gasteiger partial charge on any atom is 0.176 e. The van der Waals surface area contributed by atoms with Gasteiger partial charge in [0.25, 0.3) is 0 Å². The molecule has 6 heteroatoms. The van der Waals surface area contributed by atoms with E-state index in [1.165, 1.54) is 12.0 Å². The van der Waals surface area contributed by atoms with Gasteiger partial charge in [-0.05, 0) is 68.1 Å². The average Bonchev–Trinajstić information content (AvgIpc) is 3.21. The van der Waals surface area contributed by atoms with Crippen molar-refractivity contribution in [1.29, 1.82) is 0 Å². The highest BCUT2D eigenvalue weighted by Gasteiger charge is 2.60. The van der Waals surface area contributed by atoms with Crippen LogP contribution in [0.15, 0.2) is 29.3 Å². The number of imidazole rings is 1. The maximum absolute atomic E-state index is 11.9. The number of aromatic nitrogens is 4. The molecule has 0 amide bonds. The topological polar surface area (TPSA) is 68.2 Å². The van der Waals surface area contributed by atoms with Crippen LogP contribution in [0, 0.1) is 22.7 Å². The predicted octanol–water partition coefficient (Wildman–Crippen LogP) is 5.02. The number of allylic oxidation sites excluding steroid dienone is 2. The van der Waals surface area contributed by atoms with Crippen LogP contribution >= 0.6 is 0 Å². The zero-order valence-electron chi connectivity index (χ0n) is 21.7. The predicted molar refractivity (Wildman–Crippen MR) is 134 cm³/mol. The molecule has 0 aromatic carbocycles. The fourth-order valence-corrected chi connectivity index (χ4v) is 6.83.